The number of ether oxygens (including phenoxy) is 1. The maximum absolute atomic E-state index is 12.8. The monoisotopic (exact) mass is 440 g/mol. The number of nitro benzene ring substituents is 1. The lowest BCUT2D eigenvalue weighted by Crippen LogP contribution is -2.48. The van der Waals surface area contributed by atoms with Gasteiger partial charge >= 0.3 is 6.09 Å². The molecule has 170 valence electrons. The zero-order valence-corrected chi connectivity index (χ0v) is 18.5. The van der Waals surface area contributed by atoms with Crippen LogP contribution in [-0.4, -0.2) is 53.6 Å². The first-order chi connectivity index (χ1) is 15.1. The van der Waals surface area contributed by atoms with Gasteiger partial charge in [0.1, 0.15) is 5.60 Å². The molecule has 0 atom stereocenters. The van der Waals surface area contributed by atoms with Crippen LogP contribution in [0.1, 0.15) is 36.7 Å². The molecule has 32 heavy (non-hydrogen) atoms. The van der Waals surface area contributed by atoms with Crippen molar-refractivity contribution < 1.29 is 19.2 Å². The number of carbonyl (C=O) groups is 2. The number of carbonyl (C=O) groups excluding carboxylic acids is 2. The fourth-order valence-corrected chi connectivity index (χ4v) is 3.39. The van der Waals surface area contributed by atoms with Gasteiger partial charge in [-0.15, -0.1) is 0 Å². The average molecular weight is 441 g/mol. The molecule has 0 aliphatic carbocycles. The summed E-state index contributed by atoms with van der Waals surface area (Å²) in [5, 5.41) is 13.5. The van der Waals surface area contributed by atoms with Gasteiger partial charge in [-0.25, -0.2) is 4.79 Å². The fraction of sp³-hybridized carbons (Fsp3) is 0.391. The maximum atomic E-state index is 12.8. The van der Waals surface area contributed by atoms with Crippen molar-refractivity contribution in [3.8, 4) is 0 Å². The maximum Gasteiger partial charge on any atom is 0.407 e. The second-order valence-electron chi connectivity index (χ2n) is 8.61. The lowest BCUT2D eigenvalue weighted by Gasteiger charge is -2.36. The molecule has 0 radical (unpaired) electrons. The Morgan fingerprint density at radius 2 is 1.59 bits per heavy atom. The van der Waals surface area contributed by atoms with Gasteiger partial charge in [0.15, 0.2) is 0 Å². The number of rotatable bonds is 5. The lowest BCUT2D eigenvalue weighted by molar-refractivity contribution is -0.384. The van der Waals surface area contributed by atoms with E-state index in [9.17, 15) is 19.7 Å². The Kier molecular flexibility index (Phi) is 6.97. The summed E-state index contributed by atoms with van der Waals surface area (Å²) in [7, 11) is 0. The van der Waals surface area contributed by atoms with Crippen LogP contribution in [0.2, 0.25) is 0 Å². The summed E-state index contributed by atoms with van der Waals surface area (Å²) in [5.74, 6) is -0.0417. The van der Waals surface area contributed by atoms with Gasteiger partial charge in [-0.3, -0.25) is 14.9 Å². The van der Waals surface area contributed by atoms with Crippen LogP contribution >= 0.6 is 0 Å². The van der Waals surface area contributed by atoms with Crippen molar-refractivity contribution in [2.45, 2.75) is 32.9 Å². The Bertz CT molecular complexity index is 959. The highest BCUT2D eigenvalue weighted by Gasteiger charge is 2.23. The van der Waals surface area contributed by atoms with Crippen LogP contribution in [0, 0.1) is 10.1 Å². The Labute approximate surface area is 187 Å². The van der Waals surface area contributed by atoms with E-state index in [2.05, 4.69) is 10.2 Å². The molecule has 1 saturated heterocycles. The number of nitro groups is 1. The van der Waals surface area contributed by atoms with Crippen LogP contribution in [0.4, 0.5) is 16.2 Å². The van der Waals surface area contributed by atoms with E-state index in [1.165, 1.54) is 12.1 Å². The third kappa shape index (κ3) is 6.19. The molecule has 3 rings (SSSR count). The summed E-state index contributed by atoms with van der Waals surface area (Å²) in [6.45, 7) is 8.17. The Hall–Kier alpha value is -3.62. The van der Waals surface area contributed by atoms with Crippen LogP contribution in [0.15, 0.2) is 48.5 Å². The first kappa shape index (κ1) is 23.1. The molecule has 1 fully saturated rings. The number of piperazine rings is 1. The van der Waals surface area contributed by atoms with E-state index < -0.39 is 16.6 Å². The number of anilines is 1. The lowest BCUT2D eigenvalue weighted by atomic mass is 10.1. The zero-order chi connectivity index (χ0) is 23.3. The first-order valence-corrected chi connectivity index (χ1v) is 10.5. The second-order valence-corrected chi connectivity index (χ2v) is 8.61. The molecule has 9 nitrogen and oxygen atoms in total. The fourth-order valence-electron chi connectivity index (χ4n) is 3.39. The van der Waals surface area contributed by atoms with Crippen LogP contribution in [0.3, 0.4) is 0 Å². The quantitative estimate of drug-likeness (QED) is 0.563. The van der Waals surface area contributed by atoms with Gasteiger partial charge in [0.25, 0.3) is 11.6 Å². The zero-order valence-electron chi connectivity index (χ0n) is 18.5. The largest absolute Gasteiger partial charge is 0.444 e. The van der Waals surface area contributed by atoms with E-state index in [4.69, 9.17) is 4.74 Å². The van der Waals surface area contributed by atoms with E-state index >= 15 is 0 Å². The smallest absolute Gasteiger partial charge is 0.407 e. The van der Waals surface area contributed by atoms with E-state index in [0.29, 0.717) is 38.3 Å². The van der Waals surface area contributed by atoms with Gasteiger partial charge in [0.2, 0.25) is 0 Å². The van der Waals surface area contributed by atoms with E-state index in [-0.39, 0.29) is 11.6 Å². The minimum atomic E-state index is -0.553. The molecule has 0 spiro atoms. The molecule has 2 aromatic rings. The molecule has 2 aromatic carbocycles. The number of nitrogens with zero attached hydrogens (tertiary/aromatic N) is 3. The summed E-state index contributed by atoms with van der Waals surface area (Å²) in [4.78, 5) is 38.9. The van der Waals surface area contributed by atoms with E-state index in [0.717, 1.165) is 11.3 Å². The van der Waals surface area contributed by atoms with Crippen molar-refractivity contribution in [3.05, 3.63) is 69.8 Å². The molecule has 1 aliphatic heterocycles. The minimum absolute atomic E-state index is 0.0417. The number of hydrogen-bond donors (Lipinski definition) is 1. The van der Waals surface area contributed by atoms with Gasteiger partial charge in [-0.2, -0.15) is 0 Å². The molecule has 0 aromatic heterocycles. The standard InChI is InChI=1S/C23H28N4O5/c1-23(2,3)32-22(29)24-16-17-4-6-18(7-5-17)21(28)26-14-12-25(13-15-26)19-8-10-20(11-9-19)27(30)31/h4-11H,12-16H2,1-3H3,(H,24,29). The predicted molar refractivity (Wildman–Crippen MR) is 121 cm³/mol. The summed E-state index contributed by atoms with van der Waals surface area (Å²) >= 11 is 0. The highest BCUT2D eigenvalue weighted by atomic mass is 16.6. The molecule has 0 bridgehead atoms. The van der Waals surface area contributed by atoms with Crippen LogP contribution in [0.5, 0.6) is 0 Å². The number of alkyl carbamates (subject to hydrolysis) is 1. The molecule has 0 saturated carbocycles. The van der Waals surface area contributed by atoms with Crippen LogP contribution in [0.25, 0.3) is 0 Å². The minimum Gasteiger partial charge on any atom is -0.444 e. The topological polar surface area (TPSA) is 105 Å². The summed E-state index contributed by atoms with van der Waals surface area (Å²) < 4.78 is 5.21. The van der Waals surface area contributed by atoms with E-state index in [1.54, 1.807) is 49.9 Å². The summed E-state index contributed by atoms with van der Waals surface area (Å²) in [5.41, 5.74) is 1.88. The molecular formula is C23H28N4O5. The molecule has 1 heterocycles. The number of nitrogens with one attached hydrogen (secondary N) is 1. The van der Waals surface area contributed by atoms with Crippen molar-refractivity contribution in [2.24, 2.45) is 0 Å². The van der Waals surface area contributed by atoms with Crippen LogP contribution < -0.4 is 10.2 Å². The Morgan fingerprint density at radius 3 is 2.12 bits per heavy atom. The molecule has 2 amide bonds. The third-order valence-corrected chi connectivity index (χ3v) is 5.03. The number of non-ortho nitro benzene ring substituents is 1. The first-order valence-electron chi connectivity index (χ1n) is 10.5. The van der Waals surface area contributed by atoms with Gasteiger partial charge in [-0.1, -0.05) is 12.1 Å². The molecule has 9 heteroatoms. The molecule has 1 aliphatic rings. The summed E-state index contributed by atoms with van der Waals surface area (Å²) in [6, 6.07) is 13.6. The third-order valence-electron chi connectivity index (χ3n) is 5.03. The SMILES string of the molecule is CC(C)(C)OC(=O)NCc1ccc(C(=O)N2CCN(c3ccc([N+](=O)[O-])cc3)CC2)cc1. The highest BCUT2D eigenvalue weighted by molar-refractivity contribution is 5.94. The Morgan fingerprint density at radius 1 is 1.00 bits per heavy atom. The highest BCUT2D eigenvalue weighted by Crippen LogP contribution is 2.21. The predicted octanol–water partition coefficient (Wildman–Crippen LogP) is 3.58. The normalized spacial score (nSPS) is 14.1. The van der Waals surface area contributed by atoms with Crippen molar-refractivity contribution >= 4 is 23.4 Å². The van der Waals surface area contributed by atoms with Gasteiger partial charge in [-0.05, 0) is 50.6 Å². The molecule has 0 unspecified atom stereocenters. The molecular weight excluding hydrogens is 412 g/mol. The number of benzene rings is 2. The van der Waals surface area contributed by atoms with Gasteiger partial charge in [0.05, 0.1) is 4.92 Å². The number of amides is 2. The van der Waals surface area contributed by atoms with E-state index in [1.807, 2.05) is 12.1 Å². The van der Waals surface area contributed by atoms with Gasteiger partial charge in [0, 0.05) is 56.1 Å². The van der Waals surface area contributed by atoms with Crippen molar-refractivity contribution in [2.75, 3.05) is 31.1 Å². The van der Waals surface area contributed by atoms with Crippen molar-refractivity contribution in [1.82, 2.24) is 10.2 Å². The molecule has 1 N–H and O–H groups in total. The van der Waals surface area contributed by atoms with Crippen molar-refractivity contribution in [3.63, 3.8) is 0 Å². The second kappa shape index (κ2) is 9.67. The average Bonchev–Trinajstić information content (AvgIpc) is 2.76. The Balaban J connectivity index is 1.50. The van der Waals surface area contributed by atoms with Crippen molar-refractivity contribution in [1.29, 1.82) is 0 Å². The van der Waals surface area contributed by atoms with Gasteiger partial charge < -0.3 is 19.9 Å². The summed E-state index contributed by atoms with van der Waals surface area (Å²) in [6.07, 6.45) is -0.483. The number of hydrogen-bond acceptors (Lipinski definition) is 6. The van der Waals surface area contributed by atoms with Crippen LogP contribution in [-0.2, 0) is 11.3 Å².